The van der Waals surface area contributed by atoms with Crippen LogP contribution < -0.4 is 0 Å². The summed E-state index contributed by atoms with van der Waals surface area (Å²) < 4.78 is 0. The van der Waals surface area contributed by atoms with Gasteiger partial charge in [0.2, 0.25) is 0 Å². The largest absolute Gasteiger partial charge is 0.294 e. The van der Waals surface area contributed by atoms with Crippen LogP contribution in [-0.4, -0.2) is 5.78 Å². The van der Waals surface area contributed by atoms with Crippen LogP contribution in [0.4, 0.5) is 0 Å². The van der Waals surface area contributed by atoms with E-state index in [1.807, 2.05) is 36.4 Å². The number of fused-ring (bicyclic) bond motifs is 1. The van der Waals surface area contributed by atoms with Gasteiger partial charge in [0.15, 0.2) is 5.78 Å². The minimum Gasteiger partial charge on any atom is -0.294 e. The van der Waals surface area contributed by atoms with Gasteiger partial charge in [-0.25, -0.2) is 0 Å². The summed E-state index contributed by atoms with van der Waals surface area (Å²) in [5.74, 6) is -0.229. The Bertz CT molecular complexity index is 689. The monoisotopic (exact) mass is 288 g/mol. The summed E-state index contributed by atoms with van der Waals surface area (Å²) in [4.78, 5) is 12.2. The Hall–Kier alpha value is -1.57. The second-order valence-electron chi connectivity index (χ2n) is 4.47. The fraction of sp³-hybridized carbons (Fsp3) is 0.0625. The molecular formula is C16H10Cl2O. The molecular weight excluding hydrogens is 279 g/mol. The molecule has 19 heavy (non-hydrogen) atoms. The van der Waals surface area contributed by atoms with E-state index in [0.29, 0.717) is 10.0 Å². The summed E-state index contributed by atoms with van der Waals surface area (Å²) >= 11 is 12.0. The molecule has 94 valence electrons. The highest BCUT2D eigenvalue weighted by molar-refractivity contribution is 6.42. The number of hydrogen-bond acceptors (Lipinski definition) is 1. The van der Waals surface area contributed by atoms with Crippen LogP contribution in [0.3, 0.4) is 0 Å². The molecule has 0 bridgehead atoms. The zero-order valence-electron chi connectivity index (χ0n) is 9.94. The number of halogens is 2. The molecule has 0 saturated heterocycles. The van der Waals surface area contributed by atoms with Crippen molar-refractivity contribution in [3.63, 3.8) is 0 Å². The molecule has 1 nitrogen and oxygen atoms in total. The number of carbonyl (C=O) groups is 1. The van der Waals surface area contributed by atoms with Gasteiger partial charge in [0.1, 0.15) is 0 Å². The molecule has 0 spiro atoms. The van der Waals surface area contributed by atoms with Crippen LogP contribution in [0.2, 0.25) is 10.0 Å². The third kappa shape index (κ3) is 2.20. The molecule has 0 aliphatic heterocycles. The molecule has 3 rings (SSSR count). The van der Waals surface area contributed by atoms with Crippen LogP contribution in [0, 0.1) is 0 Å². The Balaban J connectivity index is 2.15. The second kappa shape index (κ2) is 4.84. The Morgan fingerprint density at radius 1 is 0.895 bits per heavy atom. The number of rotatable bonds is 1. The lowest BCUT2D eigenvalue weighted by Crippen LogP contribution is -2.16. The van der Waals surface area contributed by atoms with Crippen LogP contribution in [0.1, 0.15) is 22.6 Å². The maximum Gasteiger partial charge on any atom is 0.167 e. The van der Waals surface area contributed by atoms with Crippen molar-refractivity contribution in [3.8, 4) is 0 Å². The Labute approximate surface area is 121 Å². The van der Waals surface area contributed by atoms with Crippen molar-refractivity contribution >= 4 is 35.1 Å². The summed E-state index contributed by atoms with van der Waals surface area (Å²) in [6.07, 6.45) is 3.47. The maximum atomic E-state index is 12.2. The topological polar surface area (TPSA) is 17.1 Å². The first-order valence-electron chi connectivity index (χ1n) is 5.92. The molecule has 3 heteroatoms. The summed E-state index contributed by atoms with van der Waals surface area (Å²) in [6.45, 7) is 0. The first-order chi connectivity index (χ1) is 9.16. The van der Waals surface area contributed by atoms with Crippen molar-refractivity contribution in [1.82, 2.24) is 0 Å². The minimum absolute atomic E-state index is 0.0667. The molecule has 1 unspecified atom stereocenters. The third-order valence-corrected chi connectivity index (χ3v) is 4.03. The summed E-state index contributed by atoms with van der Waals surface area (Å²) in [6, 6.07) is 13.2. The molecule has 0 fully saturated rings. The number of allylic oxidation sites excluding steroid dienone is 1. The van der Waals surface area contributed by atoms with E-state index < -0.39 is 0 Å². The first-order valence-corrected chi connectivity index (χ1v) is 6.68. The van der Waals surface area contributed by atoms with Crippen molar-refractivity contribution in [3.05, 3.63) is 75.3 Å². The maximum absolute atomic E-state index is 12.2. The van der Waals surface area contributed by atoms with Crippen molar-refractivity contribution in [1.29, 1.82) is 0 Å². The van der Waals surface area contributed by atoms with Gasteiger partial charge in [0, 0.05) is 0 Å². The fourth-order valence-corrected chi connectivity index (χ4v) is 2.69. The molecule has 0 saturated carbocycles. The second-order valence-corrected chi connectivity index (χ2v) is 5.29. The van der Waals surface area contributed by atoms with E-state index in [1.165, 1.54) is 0 Å². The SMILES string of the molecule is O=C1C=Cc2ccccc2C1c1ccc(Cl)c(Cl)c1. The van der Waals surface area contributed by atoms with E-state index in [-0.39, 0.29) is 11.7 Å². The Morgan fingerprint density at radius 2 is 1.68 bits per heavy atom. The van der Waals surface area contributed by atoms with Gasteiger partial charge in [-0.05, 0) is 34.9 Å². The fourth-order valence-electron chi connectivity index (χ4n) is 2.38. The molecule has 0 aromatic heterocycles. The van der Waals surface area contributed by atoms with E-state index in [4.69, 9.17) is 23.2 Å². The zero-order chi connectivity index (χ0) is 13.4. The molecule has 1 atom stereocenters. The average Bonchev–Trinajstić information content (AvgIpc) is 2.42. The van der Waals surface area contributed by atoms with Gasteiger partial charge in [-0.15, -0.1) is 0 Å². The Morgan fingerprint density at radius 3 is 2.47 bits per heavy atom. The van der Waals surface area contributed by atoms with E-state index in [2.05, 4.69) is 0 Å². The lowest BCUT2D eigenvalue weighted by atomic mass is 9.81. The number of hydrogen-bond donors (Lipinski definition) is 0. The van der Waals surface area contributed by atoms with Crippen molar-refractivity contribution in [2.24, 2.45) is 0 Å². The highest BCUT2D eigenvalue weighted by Crippen LogP contribution is 2.35. The van der Waals surface area contributed by atoms with Gasteiger partial charge in [0.25, 0.3) is 0 Å². The van der Waals surface area contributed by atoms with Gasteiger partial charge in [-0.2, -0.15) is 0 Å². The smallest absolute Gasteiger partial charge is 0.167 e. The summed E-state index contributed by atoms with van der Waals surface area (Å²) in [5, 5.41) is 0.969. The molecule has 0 radical (unpaired) electrons. The van der Waals surface area contributed by atoms with E-state index >= 15 is 0 Å². The zero-order valence-corrected chi connectivity index (χ0v) is 11.4. The number of carbonyl (C=O) groups excluding carboxylic acids is 1. The molecule has 1 aliphatic rings. The minimum atomic E-state index is -0.295. The van der Waals surface area contributed by atoms with Gasteiger partial charge in [0.05, 0.1) is 16.0 Å². The molecule has 0 N–H and O–H groups in total. The van der Waals surface area contributed by atoms with Gasteiger partial charge in [-0.3, -0.25) is 4.79 Å². The standard InChI is InChI=1S/C16H10Cl2O/c17-13-7-5-11(9-14(13)18)16-12-4-2-1-3-10(12)6-8-15(16)19/h1-9,16H. The molecule has 0 heterocycles. The first kappa shape index (κ1) is 12.5. The van der Waals surface area contributed by atoms with Crippen molar-refractivity contribution < 1.29 is 4.79 Å². The average molecular weight is 289 g/mol. The quantitative estimate of drug-likeness (QED) is 0.742. The predicted molar refractivity (Wildman–Crippen MR) is 78.8 cm³/mol. The third-order valence-electron chi connectivity index (χ3n) is 3.30. The van der Waals surface area contributed by atoms with Crippen LogP contribution >= 0.6 is 23.2 Å². The van der Waals surface area contributed by atoms with Gasteiger partial charge in [-0.1, -0.05) is 59.6 Å². The Kier molecular flexibility index (Phi) is 3.17. The van der Waals surface area contributed by atoms with Crippen LogP contribution in [0.15, 0.2) is 48.5 Å². The van der Waals surface area contributed by atoms with E-state index in [0.717, 1.165) is 16.7 Å². The van der Waals surface area contributed by atoms with Crippen LogP contribution in [0.5, 0.6) is 0 Å². The highest BCUT2D eigenvalue weighted by Gasteiger charge is 2.25. The van der Waals surface area contributed by atoms with E-state index in [9.17, 15) is 4.79 Å². The molecule has 0 amide bonds. The normalized spacial score (nSPS) is 17.4. The van der Waals surface area contributed by atoms with Crippen molar-refractivity contribution in [2.75, 3.05) is 0 Å². The van der Waals surface area contributed by atoms with Gasteiger partial charge >= 0.3 is 0 Å². The lowest BCUT2D eigenvalue weighted by Gasteiger charge is -2.21. The van der Waals surface area contributed by atoms with Crippen LogP contribution in [0.25, 0.3) is 6.08 Å². The van der Waals surface area contributed by atoms with Crippen molar-refractivity contribution in [2.45, 2.75) is 5.92 Å². The molecule has 1 aliphatic carbocycles. The van der Waals surface area contributed by atoms with Gasteiger partial charge < -0.3 is 0 Å². The van der Waals surface area contributed by atoms with E-state index in [1.54, 1.807) is 18.2 Å². The number of ketones is 1. The highest BCUT2D eigenvalue weighted by atomic mass is 35.5. The van der Waals surface area contributed by atoms with Crippen LogP contribution in [-0.2, 0) is 4.79 Å². The summed E-state index contributed by atoms with van der Waals surface area (Å²) in [7, 11) is 0. The molecule has 2 aromatic rings. The lowest BCUT2D eigenvalue weighted by molar-refractivity contribution is -0.115. The predicted octanol–water partition coefficient (Wildman–Crippen LogP) is 4.72. The summed E-state index contributed by atoms with van der Waals surface area (Å²) in [5.41, 5.74) is 2.95. The molecule has 2 aromatic carbocycles. The number of benzene rings is 2.